The average molecular weight is 126 g/mol. The third-order valence-corrected chi connectivity index (χ3v) is 0.746. The van der Waals surface area contributed by atoms with Gasteiger partial charge in [-0.15, -0.1) is 0 Å². The van der Waals surface area contributed by atoms with Crippen molar-refractivity contribution >= 4 is 6.29 Å². The Labute approximate surface area is 50.6 Å². The van der Waals surface area contributed by atoms with Crippen LogP contribution in [-0.4, -0.2) is 16.3 Å². The molecule has 0 fully saturated rings. The Morgan fingerprint density at radius 2 is 2.44 bits per heavy atom. The first-order valence-corrected chi connectivity index (χ1v) is 2.26. The quantitative estimate of drug-likeness (QED) is 0.404. The summed E-state index contributed by atoms with van der Waals surface area (Å²) in [6.45, 7) is 0. The predicted molar refractivity (Wildman–Crippen MR) is 27.4 cm³/mol. The second-order valence-electron chi connectivity index (χ2n) is 1.36. The minimum absolute atomic E-state index is 0.130. The van der Waals surface area contributed by atoms with Crippen LogP contribution in [0, 0.1) is 5.95 Å². The maximum Gasteiger partial charge on any atom is 0.216 e. The van der Waals surface area contributed by atoms with Crippen molar-refractivity contribution in [3.05, 3.63) is 24.0 Å². The van der Waals surface area contributed by atoms with Gasteiger partial charge in [0, 0.05) is 12.3 Å². The standard InChI is InChI=1S/C5H3FN2O/c6-4-1-2-7-5(3-9)8-4/h1-3H. The van der Waals surface area contributed by atoms with E-state index in [1.54, 1.807) is 0 Å². The van der Waals surface area contributed by atoms with Gasteiger partial charge in [0.1, 0.15) is 0 Å². The molecule has 0 aliphatic rings. The largest absolute Gasteiger partial charge is 0.294 e. The Morgan fingerprint density at radius 3 is 2.89 bits per heavy atom. The molecule has 1 rings (SSSR count). The number of carbonyl (C=O) groups is 1. The first kappa shape index (κ1) is 5.81. The summed E-state index contributed by atoms with van der Waals surface area (Å²) < 4.78 is 12.0. The highest BCUT2D eigenvalue weighted by atomic mass is 19.1. The van der Waals surface area contributed by atoms with Gasteiger partial charge in [-0.05, 0) is 0 Å². The summed E-state index contributed by atoms with van der Waals surface area (Å²) in [6, 6.07) is 1.08. The fourth-order valence-electron chi connectivity index (χ4n) is 0.407. The zero-order valence-corrected chi connectivity index (χ0v) is 4.41. The van der Waals surface area contributed by atoms with Crippen LogP contribution in [0.15, 0.2) is 12.3 Å². The number of halogens is 1. The van der Waals surface area contributed by atoms with E-state index in [0.717, 1.165) is 6.07 Å². The number of aldehydes is 1. The number of aromatic nitrogens is 2. The van der Waals surface area contributed by atoms with Crippen molar-refractivity contribution in [1.82, 2.24) is 9.97 Å². The van der Waals surface area contributed by atoms with Gasteiger partial charge in [0.05, 0.1) is 0 Å². The molecule has 0 aliphatic carbocycles. The lowest BCUT2D eigenvalue weighted by Gasteiger charge is -1.85. The lowest BCUT2D eigenvalue weighted by molar-refractivity contribution is 0.111. The van der Waals surface area contributed by atoms with Crippen molar-refractivity contribution in [3.8, 4) is 0 Å². The highest BCUT2D eigenvalue weighted by molar-refractivity contribution is 5.68. The van der Waals surface area contributed by atoms with Crippen LogP contribution in [0.1, 0.15) is 10.6 Å². The van der Waals surface area contributed by atoms with Gasteiger partial charge >= 0.3 is 0 Å². The van der Waals surface area contributed by atoms with Gasteiger partial charge in [-0.3, -0.25) is 4.79 Å². The maximum atomic E-state index is 12.0. The van der Waals surface area contributed by atoms with Crippen molar-refractivity contribution in [3.63, 3.8) is 0 Å². The molecule has 1 heterocycles. The van der Waals surface area contributed by atoms with Crippen molar-refractivity contribution in [2.24, 2.45) is 0 Å². The Bertz CT molecular complexity index is 226. The van der Waals surface area contributed by atoms with Gasteiger partial charge in [-0.2, -0.15) is 9.37 Å². The van der Waals surface area contributed by atoms with E-state index in [2.05, 4.69) is 9.97 Å². The monoisotopic (exact) mass is 126 g/mol. The van der Waals surface area contributed by atoms with E-state index < -0.39 is 5.95 Å². The summed E-state index contributed by atoms with van der Waals surface area (Å²) >= 11 is 0. The van der Waals surface area contributed by atoms with E-state index >= 15 is 0 Å². The van der Waals surface area contributed by atoms with Crippen LogP contribution in [-0.2, 0) is 0 Å². The first-order chi connectivity index (χ1) is 4.33. The Kier molecular flexibility index (Phi) is 1.48. The highest BCUT2D eigenvalue weighted by Gasteiger charge is 1.92. The van der Waals surface area contributed by atoms with E-state index in [1.165, 1.54) is 6.20 Å². The molecule has 0 amide bonds. The zero-order chi connectivity index (χ0) is 6.69. The highest BCUT2D eigenvalue weighted by Crippen LogP contribution is 1.88. The summed E-state index contributed by atoms with van der Waals surface area (Å²) in [5.74, 6) is -0.817. The summed E-state index contributed by atoms with van der Waals surface area (Å²) in [7, 11) is 0. The maximum absolute atomic E-state index is 12.0. The van der Waals surface area contributed by atoms with Crippen LogP contribution in [0.3, 0.4) is 0 Å². The summed E-state index contributed by atoms with van der Waals surface area (Å²) in [5.41, 5.74) is 0. The van der Waals surface area contributed by atoms with Gasteiger partial charge in [0.15, 0.2) is 12.1 Å². The second kappa shape index (κ2) is 2.30. The van der Waals surface area contributed by atoms with Crippen molar-refractivity contribution < 1.29 is 9.18 Å². The number of hydrogen-bond donors (Lipinski definition) is 0. The zero-order valence-electron chi connectivity index (χ0n) is 4.41. The molecule has 3 nitrogen and oxygen atoms in total. The molecule has 0 aromatic carbocycles. The molecule has 0 aliphatic heterocycles. The van der Waals surface area contributed by atoms with Crippen LogP contribution in [0.4, 0.5) is 4.39 Å². The molecule has 9 heavy (non-hydrogen) atoms. The number of rotatable bonds is 1. The summed E-state index contributed by atoms with van der Waals surface area (Å²) in [6.07, 6.45) is 1.58. The van der Waals surface area contributed by atoms with Gasteiger partial charge in [-0.1, -0.05) is 0 Å². The van der Waals surface area contributed by atoms with E-state index in [4.69, 9.17) is 0 Å². The van der Waals surface area contributed by atoms with Crippen LogP contribution < -0.4 is 0 Å². The Morgan fingerprint density at radius 1 is 1.67 bits per heavy atom. The smallest absolute Gasteiger partial charge is 0.216 e. The second-order valence-corrected chi connectivity index (χ2v) is 1.36. The molecule has 0 saturated heterocycles. The summed E-state index contributed by atoms with van der Waals surface area (Å²) in [5, 5.41) is 0. The number of nitrogens with zero attached hydrogens (tertiary/aromatic N) is 2. The lowest BCUT2D eigenvalue weighted by atomic mass is 10.6. The van der Waals surface area contributed by atoms with Crippen molar-refractivity contribution in [2.75, 3.05) is 0 Å². The molecule has 0 saturated carbocycles. The van der Waals surface area contributed by atoms with Crippen molar-refractivity contribution in [2.45, 2.75) is 0 Å². The van der Waals surface area contributed by atoms with Crippen LogP contribution in [0.2, 0.25) is 0 Å². The molecule has 0 radical (unpaired) electrons. The lowest BCUT2D eigenvalue weighted by Crippen LogP contribution is -1.92. The molecule has 46 valence electrons. The topological polar surface area (TPSA) is 42.9 Å². The molecule has 0 unspecified atom stereocenters. The molecule has 0 bridgehead atoms. The number of hydrogen-bond acceptors (Lipinski definition) is 3. The van der Waals surface area contributed by atoms with Gasteiger partial charge in [0.2, 0.25) is 5.95 Å². The van der Waals surface area contributed by atoms with E-state index in [1.807, 2.05) is 0 Å². The molecule has 0 atom stereocenters. The predicted octanol–water partition coefficient (Wildman–Crippen LogP) is 0.428. The third kappa shape index (κ3) is 1.28. The van der Waals surface area contributed by atoms with Crippen LogP contribution in [0.25, 0.3) is 0 Å². The summed E-state index contributed by atoms with van der Waals surface area (Å²) in [4.78, 5) is 16.5. The van der Waals surface area contributed by atoms with E-state index in [9.17, 15) is 9.18 Å². The minimum atomic E-state index is -0.688. The fourth-order valence-corrected chi connectivity index (χ4v) is 0.407. The normalized spacial score (nSPS) is 9.00. The van der Waals surface area contributed by atoms with E-state index in [0.29, 0.717) is 6.29 Å². The van der Waals surface area contributed by atoms with E-state index in [-0.39, 0.29) is 5.82 Å². The van der Waals surface area contributed by atoms with Crippen LogP contribution in [0.5, 0.6) is 0 Å². The fraction of sp³-hybridized carbons (Fsp3) is 0. The number of carbonyl (C=O) groups excluding carboxylic acids is 1. The molecule has 0 N–H and O–H groups in total. The van der Waals surface area contributed by atoms with Crippen molar-refractivity contribution in [1.29, 1.82) is 0 Å². The minimum Gasteiger partial charge on any atom is -0.294 e. The van der Waals surface area contributed by atoms with Crippen LogP contribution >= 0.6 is 0 Å². The Balaban J connectivity index is 3.07. The molecular weight excluding hydrogens is 123 g/mol. The van der Waals surface area contributed by atoms with Gasteiger partial charge < -0.3 is 0 Å². The molecule has 0 spiro atoms. The average Bonchev–Trinajstić information content (AvgIpc) is 1.88. The SMILES string of the molecule is O=Cc1nccc(F)n1. The Hall–Kier alpha value is -1.32. The molecular formula is C5H3FN2O. The molecule has 1 aromatic rings. The first-order valence-electron chi connectivity index (χ1n) is 2.26. The van der Waals surface area contributed by atoms with Gasteiger partial charge in [0.25, 0.3) is 0 Å². The third-order valence-electron chi connectivity index (χ3n) is 0.746. The van der Waals surface area contributed by atoms with Gasteiger partial charge in [-0.25, -0.2) is 4.98 Å². The molecule has 1 aromatic heterocycles. The molecule has 4 heteroatoms.